The normalized spacial score (nSPS) is 22.6. The van der Waals surface area contributed by atoms with E-state index in [1.54, 1.807) is 0 Å². The third kappa shape index (κ3) is 2.79. The van der Waals surface area contributed by atoms with Crippen LogP contribution < -0.4 is 10.2 Å². The summed E-state index contributed by atoms with van der Waals surface area (Å²) < 4.78 is 0. The average molecular weight is 281 g/mol. The second-order valence-corrected chi connectivity index (χ2v) is 4.96. The summed E-state index contributed by atoms with van der Waals surface area (Å²) in [6.45, 7) is 5.42. The van der Waals surface area contributed by atoms with E-state index in [0.29, 0.717) is 31.9 Å². The van der Waals surface area contributed by atoms with Crippen molar-refractivity contribution in [3.63, 3.8) is 0 Å². The maximum absolute atomic E-state index is 11.3. The molecule has 0 aliphatic carbocycles. The van der Waals surface area contributed by atoms with E-state index < -0.39 is 4.92 Å². The predicted octanol–water partition coefficient (Wildman–Crippen LogP) is 1.02. The maximum atomic E-state index is 11.3. The van der Waals surface area contributed by atoms with Crippen LogP contribution in [0.25, 0.3) is 0 Å². The molecular formula is C12H19N5O3. The zero-order chi connectivity index (χ0) is 14.7. The first-order valence-corrected chi connectivity index (χ1v) is 6.70. The van der Waals surface area contributed by atoms with Crippen molar-refractivity contribution >= 4 is 17.3 Å². The molecule has 2 heterocycles. The van der Waals surface area contributed by atoms with Crippen molar-refractivity contribution in [1.82, 2.24) is 9.97 Å². The number of aliphatic hydroxyl groups excluding tert-OH is 1. The lowest BCUT2D eigenvalue weighted by Gasteiger charge is -2.34. The van der Waals surface area contributed by atoms with Gasteiger partial charge in [-0.1, -0.05) is 6.92 Å². The fraction of sp³-hybridized carbons (Fsp3) is 0.667. The lowest BCUT2D eigenvalue weighted by Crippen LogP contribution is -2.42. The molecule has 1 fully saturated rings. The maximum Gasteiger partial charge on any atom is 0.353 e. The average Bonchev–Trinajstić information content (AvgIpc) is 2.42. The topological polar surface area (TPSA) is 104 Å². The summed E-state index contributed by atoms with van der Waals surface area (Å²) in [5.41, 5.74) is -0.0991. The summed E-state index contributed by atoms with van der Waals surface area (Å²) in [5.74, 6) is 0.613. The molecule has 2 N–H and O–H groups in total. The van der Waals surface area contributed by atoms with Crippen molar-refractivity contribution in [2.75, 3.05) is 29.9 Å². The highest BCUT2D eigenvalue weighted by atomic mass is 16.6. The van der Waals surface area contributed by atoms with Crippen LogP contribution in [0.1, 0.15) is 20.3 Å². The summed E-state index contributed by atoms with van der Waals surface area (Å²) in [6.07, 6.45) is 1.55. The first-order valence-electron chi connectivity index (χ1n) is 6.70. The minimum Gasteiger partial charge on any atom is -0.393 e. The van der Waals surface area contributed by atoms with Gasteiger partial charge in [-0.05, 0) is 19.3 Å². The highest BCUT2D eigenvalue weighted by Crippen LogP contribution is 2.33. The van der Waals surface area contributed by atoms with Crippen LogP contribution in [0, 0.1) is 16.0 Å². The fourth-order valence-corrected chi connectivity index (χ4v) is 2.39. The number of nitrogens with one attached hydrogen (secondary N) is 1. The minimum atomic E-state index is -0.455. The van der Waals surface area contributed by atoms with E-state index in [1.165, 1.54) is 6.33 Å². The van der Waals surface area contributed by atoms with E-state index in [0.717, 1.165) is 0 Å². The van der Waals surface area contributed by atoms with E-state index in [-0.39, 0.29) is 23.5 Å². The Bertz CT molecular complexity index is 496. The van der Waals surface area contributed by atoms with Crippen molar-refractivity contribution in [2.45, 2.75) is 26.4 Å². The van der Waals surface area contributed by atoms with Crippen molar-refractivity contribution < 1.29 is 10.0 Å². The number of hydrogen-bond donors (Lipinski definition) is 2. The van der Waals surface area contributed by atoms with Crippen LogP contribution in [-0.2, 0) is 0 Å². The summed E-state index contributed by atoms with van der Waals surface area (Å²) in [5, 5.41) is 24.0. The molecule has 1 aromatic heterocycles. The van der Waals surface area contributed by atoms with Crippen molar-refractivity contribution in [3.8, 4) is 0 Å². The highest BCUT2D eigenvalue weighted by Gasteiger charge is 2.31. The molecule has 0 amide bonds. The Kier molecular flexibility index (Phi) is 4.33. The number of nitro groups is 1. The van der Waals surface area contributed by atoms with Crippen molar-refractivity contribution in [2.24, 2.45) is 5.92 Å². The SMILES string of the molecule is CCNc1ncnc(N2CCC(O)C(C)C2)c1[N+](=O)[O-]. The molecule has 2 unspecified atom stereocenters. The summed E-state index contributed by atoms with van der Waals surface area (Å²) >= 11 is 0. The molecular weight excluding hydrogens is 262 g/mol. The largest absolute Gasteiger partial charge is 0.393 e. The second kappa shape index (κ2) is 6.00. The number of rotatable bonds is 4. The minimum absolute atomic E-state index is 0.0564. The number of anilines is 2. The van der Waals surface area contributed by atoms with Gasteiger partial charge in [0.1, 0.15) is 6.33 Å². The third-order valence-electron chi connectivity index (χ3n) is 3.49. The van der Waals surface area contributed by atoms with Crippen LogP contribution in [0.4, 0.5) is 17.3 Å². The Morgan fingerprint density at radius 2 is 2.35 bits per heavy atom. The van der Waals surface area contributed by atoms with Gasteiger partial charge in [0.05, 0.1) is 11.0 Å². The number of nitrogens with zero attached hydrogens (tertiary/aromatic N) is 4. The monoisotopic (exact) mass is 281 g/mol. The van der Waals surface area contributed by atoms with Gasteiger partial charge in [0.2, 0.25) is 11.6 Å². The zero-order valence-electron chi connectivity index (χ0n) is 11.6. The Morgan fingerprint density at radius 1 is 1.60 bits per heavy atom. The van der Waals surface area contributed by atoms with Crippen LogP contribution >= 0.6 is 0 Å². The van der Waals surface area contributed by atoms with Gasteiger partial charge in [-0.2, -0.15) is 0 Å². The van der Waals surface area contributed by atoms with Crippen LogP contribution in [0.5, 0.6) is 0 Å². The number of aromatic nitrogens is 2. The smallest absolute Gasteiger partial charge is 0.353 e. The lowest BCUT2D eigenvalue weighted by atomic mass is 9.97. The summed E-state index contributed by atoms with van der Waals surface area (Å²) in [4.78, 5) is 20.7. The van der Waals surface area contributed by atoms with E-state index in [9.17, 15) is 15.2 Å². The van der Waals surface area contributed by atoms with Crippen LogP contribution in [0.3, 0.4) is 0 Å². The molecule has 0 saturated carbocycles. The third-order valence-corrected chi connectivity index (χ3v) is 3.49. The van der Waals surface area contributed by atoms with Gasteiger partial charge >= 0.3 is 5.69 Å². The van der Waals surface area contributed by atoms with Gasteiger partial charge < -0.3 is 15.3 Å². The molecule has 110 valence electrons. The van der Waals surface area contributed by atoms with E-state index in [1.807, 2.05) is 18.7 Å². The van der Waals surface area contributed by atoms with Gasteiger partial charge in [0.25, 0.3) is 0 Å². The van der Waals surface area contributed by atoms with E-state index in [2.05, 4.69) is 15.3 Å². The molecule has 1 aromatic rings. The molecule has 8 nitrogen and oxygen atoms in total. The Labute approximate surface area is 117 Å². The first-order chi connectivity index (χ1) is 9.54. The quantitative estimate of drug-likeness (QED) is 0.627. The summed E-state index contributed by atoms with van der Waals surface area (Å²) in [7, 11) is 0. The Morgan fingerprint density at radius 3 is 2.95 bits per heavy atom. The number of piperidine rings is 1. The molecule has 1 aliphatic rings. The van der Waals surface area contributed by atoms with Crippen molar-refractivity contribution in [1.29, 1.82) is 0 Å². The fourth-order valence-electron chi connectivity index (χ4n) is 2.39. The van der Waals surface area contributed by atoms with E-state index in [4.69, 9.17) is 0 Å². The van der Waals surface area contributed by atoms with Gasteiger partial charge in [-0.25, -0.2) is 9.97 Å². The molecule has 1 aliphatic heterocycles. The molecule has 20 heavy (non-hydrogen) atoms. The Balaban J connectivity index is 2.35. The molecule has 2 atom stereocenters. The van der Waals surface area contributed by atoms with E-state index >= 15 is 0 Å². The molecule has 0 spiro atoms. The van der Waals surface area contributed by atoms with Crippen LogP contribution in [0.15, 0.2) is 6.33 Å². The summed E-state index contributed by atoms with van der Waals surface area (Å²) in [6, 6.07) is 0. The lowest BCUT2D eigenvalue weighted by molar-refractivity contribution is -0.383. The first kappa shape index (κ1) is 14.4. The number of aliphatic hydroxyl groups is 1. The second-order valence-electron chi connectivity index (χ2n) is 4.96. The predicted molar refractivity (Wildman–Crippen MR) is 74.9 cm³/mol. The van der Waals surface area contributed by atoms with Crippen molar-refractivity contribution in [3.05, 3.63) is 16.4 Å². The van der Waals surface area contributed by atoms with Crippen LogP contribution in [0.2, 0.25) is 0 Å². The zero-order valence-corrected chi connectivity index (χ0v) is 11.6. The molecule has 0 bridgehead atoms. The Hall–Kier alpha value is -1.96. The van der Waals surface area contributed by atoms with Gasteiger partial charge in [0, 0.05) is 19.6 Å². The standard InChI is InChI=1S/C12H19N5O3/c1-3-13-11-10(17(19)20)12(15-7-14-11)16-5-4-9(18)8(2)6-16/h7-9,18H,3-6H2,1-2H3,(H,13,14,15). The number of hydrogen-bond acceptors (Lipinski definition) is 7. The van der Waals surface area contributed by atoms with Gasteiger partial charge in [-0.15, -0.1) is 0 Å². The van der Waals surface area contributed by atoms with Gasteiger partial charge in [0.15, 0.2) is 0 Å². The highest BCUT2D eigenvalue weighted by molar-refractivity contribution is 5.70. The van der Waals surface area contributed by atoms with Gasteiger partial charge in [-0.3, -0.25) is 10.1 Å². The van der Waals surface area contributed by atoms with Crippen LogP contribution in [-0.4, -0.2) is 45.7 Å². The molecule has 0 radical (unpaired) electrons. The molecule has 1 saturated heterocycles. The molecule has 0 aromatic carbocycles. The molecule has 8 heteroatoms. The molecule has 2 rings (SSSR count).